The molecule has 0 radical (unpaired) electrons. The van der Waals surface area contributed by atoms with E-state index in [9.17, 15) is 9.59 Å². The number of aliphatic hydroxyl groups excluding tert-OH is 2. The fourth-order valence-electron chi connectivity index (χ4n) is 1.01. The first kappa shape index (κ1) is 23.4. The number of ether oxygens (including phenoxy) is 2. The Labute approximate surface area is 133 Å². The molecule has 0 bridgehead atoms. The Kier molecular flexibility index (Phi) is 14.7. The van der Waals surface area contributed by atoms with Crippen LogP contribution in [0.1, 0.15) is 54.4 Å². The van der Waals surface area contributed by atoms with Gasteiger partial charge in [0.1, 0.15) is 12.2 Å². The molecule has 6 nitrogen and oxygen atoms in total. The van der Waals surface area contributed by atoms with Gasteiger partial charge in [-0.15, -0.1) is 0 Å². The molecule has 1 unspecified atom stereocenters. The average molecular weight is 320 g/mol. The number of ketones is 2. The van der Waals surface area contributed by atoms with E-state index in [-0.39, 0.29) is 18.2 Å². The summed E-state index contributed by atoms with van der Waals surface area (Å²) in [5.41, 5.74) is 0. The summed E-state index contributed by atoms with van der Waals surface area (Å²) in [7, 11) is 0. The Hall–Kier alpha value is -0.820. The second-order valence-electron chi connectivity index (χ2n) is 5.52. The van der Waals surface area contributed by atoms with Crippen LogP contribution >= 0.6 is 0 Å². The summed E-state index contributed by atoms with van der Waals surface area (Å²) < 4.78 is 10.3. The van der Waals surface area contributed by atoms with E-state index in [1.807, 2.05) is 6.92 Å². The maximum atomic E-state index is 10.7. The third kappa shape index (κ3) is 12.9. The van der Waals surface area contributed by atoms with Crippen molar-refractivity contribution in [2.45, 2.75) is 72.9 Å². The van der Waals surface area contributed by atoms with Crippen molar-refractivity contribution in [1.29, 1.82) is 0 Å². The van der Waals surface area contributed by atoms with Gasteiger partial charge in [-0.1, -0.05) is 34.1 Å². The zero-order valence-corrected chi connectivity index (χ0v) is 14.7. The van der Waals surface area contributed by atoms with Crippen LogP contribution in [0.25, 0.3) is 0 Å². The Bertz CT molecular complexity index is 303. The second-order valence-corrected chi connectivity index (χ2v) is 5.52. The highest BCUT2D eigenvalue weighted by atomic mass is 16.7. The van der Waals surface area contributed by atoms with Crippen LogP contribution in [0.4, 0.5) is 0 Å². The first-order chi connectivity index (χ1) is 10.2. The third-order valence-electron chi connectivity index (χ3n) is 2.99. The van der Waals surface area contributed by atoms with Gasteiger partial charge in [0.05, 0.1) is 13.2 Å². The molecule has 132 valence electrons. The summed E-state index contributed by atoms with van der Waals surface area (Å²) in [4.78, 5) is 20.7. The zero-order chi connectivity index (χ0) is 17.7. The lowest BCUT2D eigenvalue weighted by Crippen LogP contribution is -2.20. The first-order valence-corrected chi connectivity index (χ1v) is 7.76. The molecule has 1 saturated heterocycles. The quantitative estimate of drug-likeness (QED) is 0.801. The summed E-state index contributed by atoms with van der Waals surface area (Å²) in [6, 6.07) is 0. The second kappa shape index (κ2) is 13.8. The molecule has 6 heteroatoms. The normalized spacial score (nSPS) is 21.3. The third-order valence-corrected chi connectivity index (χ3v) is 2.99. The maximum absolute atomic E-state index is 10.7. The molecule has 0 aromatic carbocycles. The summed E-state index contributed by atoms with van der Waals surface area (Å²) in [5, 5.41) is 16.4. The zero-order valence-electron chi connectivity index (χ0n) is 14.7. The molecule has 2 N–H and O–H groups in total. The molecular weight excluding hydrogens is 288 g/mol. The van der Waals surface area contributed by atoms with Crippen LogP contribution in [0.5, 0.6) is 0 Å². The van der Waals surface area contributed by atoms with Crippen LogP contribution in [-0.2, 0) is 19.1 Å². The van der Waals surface area contributed by atoms with Gasteiger partial charge in [0, 0.05) is 0 Å². The highest BCUT2D eigenvalue weighted by Gasteiger charge is 2.27. The molecule has 0 spiro atoms. The van der Waals surface area contributed by atoms with Crippen molar-refractivity contribution in [3.05, 3.63) is 0 Å². The number of hydrogen-bond donors (Lipinski definition) is 2. The van der Waals surface area contributed by atoms with Gasteiger partial charge in [0.25, 0.3) is 0 Å². The van der Waals surface area contributed by atoms with Crippen molar-refractivity contribution < 1.29 is 29.3 Å². The number of carbonyl (C=O) groups excluding carboxylic acids is 2. The van der Waals surface area contributed by atoms with Crippen molar-refractivity contribution >= 4 is 11.6 Å². The molecule has 0 amide bonds. The van der Waals surface area contributed by atoms with E-state index in [1.165, 1.54) is 20.3 Å². The Morgan fingerprint density at radius 3 is 1.86 bits per heavy atom. The van der Waals surface area contributed by atoms with E-state index >= 15 is 0 Å². The molecule has 1 aliphatic rings. The number of carbonyl (C=O) groups is 2. The van der Waals surface area contributed by atoms with Crippen LogP contribution in [0.3, 0.4) is 0 Å². The molecule has 0 saturated carbocycles. The van der Waals surface area contributed by atoms with Gasteiger partial charge in [-0.25, -0.2) is 0 Å². The molecule has 3 atom stereocenters. The highest BCUT2D eigenvalue weighted by Crippen LogP contribution is 2.14. The van der Waals surface area contributed by atoms with E-state index in [0.717, 1.165) is 12.3 Å². The fourth-order valence-corrected chi connectivity index (χ4v) is 1.01. The predicted octanol–water partition coefficient (Wildman–Crippen LogP) is 1.71. The van der Waals surface area contributed by atoms with Gasteiger partial charge in [0.15, 0.2) is 17.9 Å². The molecule has 0 aromatic heterocycles. The maximum Gasteiger partial charge on any atom is 0.161 e. The van der Waals surface area contributed by atoms with Gasteiger partial charge in [0.2, 0.25) is 0 Å². The molecule has 1 aliphatic heterocycles. The Morgan fingerprint density at radius 2 is 1.73 bits per heavy atom. The van der Waals surface area contributed by atoms with Crippen LogP contribution in [-0.4, -0.2) is 53.5 Å². The summed E-state index contributed by atoms with van der Waals surface area (Å²) in [6.45, 7) is 11.3. The lowest BCUT2D eigenvalue weighted by atomic mass is 10.2. The van der Waals surface area contributed by atoms with Crippen molar-refractivity contribution in [3.63, 3.8) is 0 Å². The molecular formula is C16H32O6. The van der Waals surface area contributed by atoms with Gasteiger partial charge in [-0.05, 0) is 26.2 Å². The number of rotatable bonds is 5. The van der Waals surface area contributed by atoms with E-state index in [4.69, 9.17) is 19.7 Å². The summed E-state index contributed by atoms with van der Waals surface area (Å²) in [5.74, 6) is 0.536. The monoisotopic (exact) mass is 320 g/mol. The van der Waals surface area contributed by atoms with E-state index < -0.39 is 18.5 Å². The minimum Gasteiger partial charge on any atom is -0.393 e. The number of aliphatic hydroxyl groups is 2. The van der Waals surface area contributed by atoms with Crippen LogP contribution in [0.2, 0.25) is 0 Å². The van der Waals surface area contributed by atoms with Crippen molar-refractivity contribution in [3.8, 4) is 0 Å². The Balaban J connectivity index is 0. The Morgan fingerprint density at radius 1 is 1.23 bits per heavy atom. The van der Waals surface area contributed by atoms with Crippen LogP contribution in [0, 0.1) is 5.92 Å². The van der Waals surface area contributed by atoms with Crippen LogP contribution < -0.4 is 0 Å². The SMILES string of the molecule is CC(=O)[C@H](O)CO.CCC(C)C.CC[C@H]1OCC(C(C)=O)O1. The van der Waals surface area contributed by atoms with Crippen LogP contribution in [0.15, 0.2) is 0 Å². The lowest BCUT2D eigenvalue weighted by molar-refractivity contribution is -0.129. The molecule has 0 aromatic rings. The van der Waals surface area contributed by atoms with Gasteiger partial charge >= 0.3 is 0 Å². The molecule has 1 heterocycles. The minimum atomic E-state index is -1.18. The largest absolute Gasteiger partial charge is 0.393 e. The standard InChI is InChI=1S/C7H12O3.C5H12.C4H8O3/c1-3-7-9-4-6(10-7)5(2)8;1-4-5(2)3;1-3(6)4(7)2-5/h6-7H,3-4H2,1-2H3;5H,4H2,1-3H3;4-5,7H,2H2,1H3/t6?,7-;;4-/m0.1/s1. The summed E-state index contributed by atoms with van der Waals surface area (Å²) >= 11 is 0. The van der Waals surface area contributed by atoms with Gasteiger partial charge in [-0.3, -0.25) is 9.59 Å². The smallest absolute Gasteiger partial charge is 0.161 e. The van der Waals surface area contributed by atoms with E-state index in [2.05, 4.69) is 20.8 Å². The predicted molar refractivity (Wildman–Crippen MR) is 84.5 cm³/mol. The highest BCUT2D eigenvalue weighted by molar-refractivity contribution is 5.80. The van der Waals surface area contributed by atoms with Gasteiger partial charge < -0.3 is 19.7 Å². The van der Waals surface area contributed by atoms with Crippen molar-refractivity contribution in [2.24, 2.45) is 5.92 Å². The fraction of sp³-hybridized carbons (Fsp3) is 0.875. The lowest BCUT2D eigenvalue weighted by Gasteiger charge is -2.05. The van der Waals surface area contributed by atoms with Gasteiger partial charge in [-0.2, -0.15) is 0 Å². The topological polar surface area (TPSA) is 93.1 Å². The minimum absolute atomic E-state index is 0.0518. The van der Waals surface area contributed by atoms with Crippen molar-refractivity contribution in [2.75, 3.05) is 13.2 Å². The first-order valence-electron chi connectivity index (χ1n) is 7.76. The van der Waals surface area contributed by atoms with Crippen molar-refractivity contribution in [1.82, 2.24) is 0 Å². The molecule has 0 aliphatic carbocycles. The molecule has 22 heavy (non-hydrogen) atoms. The molecule has 1 rings (SSSR count). The number of hydrogen-bond acceptors (Lipinski definition) is 6. The van der Waals surface area contributed by atoms with E-state index in [0.29, 0.717) is 6.61 Å². The summed E-state index contributed by atoms with van der Waals surface area (Å²) in [6.07, 6.45) is 0.461. The average Bonchev–Trinajstić information content (AvgIpc) is 2.96. The van der Waals surface area contributed by atoms with E-state index in [1.54, 1.807) is 0 Å². The number of Topliss-reactive ketones (excluding diaryl/α,β-unsaturated/α-hetero) is 2. The molecule has 1 fully saturated rings.